The maximum Gasteiger partial charge on any atom is 0.141 e. The molecule has 1 fully saturated rings. The van der Waals surface area contributed by atoms with Gasteiger partial charge < -0.3 is 5.32 Å². The normalized spacial score (nSPS) is 20.6. The van der Waals surface area contributed by atoms with E-state index in [4.69, 9.17) is 11.6 Å². The molecule has 1 aliphatic rings. The summed E-state index contributed by atoms with van der Waals surface area (Å²) < 4.78 is 13.1. The van der Waals surface area contributed by atoms with Gasteiger partial charge >= 0.3 is 0 Å². The molecule has 1 aromatic rings. The minimum Gasteiger partial charge on any atom is -0.316 e. The van der Waals surface area contributed by atoms with Crippen LogP contribution in [-0.4, -0.2) is 18.9 Å². The molecule has 1 heterocycles. The minimum atomic E-state index is -0.440. The van der Waals surface area contributed by atoms with Crippen LogP contribution in [-0.2, 0) is 11.2 Å². The number of carbonyl (C=O) groups excluding carboxylic acids is 1. The van der Waals surface area contributed by atoms with Crippen molar-refractivity contribution in [3.63, 3.8) is 0 Å². The smallest absolute Gasteiger partial charge is 0.141 e. The first-order chi connectivity index (χ1) is 9.56. The Morgan fingerprint density at radius 3 is 3.00 bits per heavy atom. The highest BCUT2D eigenvalue weighted by atomic mass is 35.5. The average molecular weight is 298 g/mol. The van der Waals surface area contributed by atoms with Gasteiger partial charge in [-0.05, 0) is 55.5 Å². The van der Waals surface area contributed by atoms with Gasteiger partial charge in [-0.1, -0.05) is 24.6 Å². The molecule has 20 heavy (non-hydrogen) atoms. The zero-order chi connectivity index (χ0) is 14.5. The lowest BCUT2D eigenvalue weighted by Crippen LogP contribution is -2.34. The molecule has 0 bridgehead atoms. The van der Waals surface area contributed by atoms with Crippen LogP contribution in [0, 0.1) is 17.7 Å². The summed E-state index contributed by atoms with van der Waals surface area (Å²) in [5, 5.41) is 3.47. The molecule has 0 spiro atoms. The Labute approximate surface area is 124 Å². The van der Waals surface area contributed by atoms with E-state index >= 15 is 0 Å². The predicted octanol–water partition coefficient (Wildman–Crippen LogP) is 3.62. The van der Waals surface area contributed by atoms with Crippen molar-refractivity contribution in [1.82, 2.24) is 5.32 Å². The summed E-state index contributed by atoms with van der Waals surface area (Å²) in [6, 6.07) is 4.49. The lowest BCUT2D eigenvalue weighted by molar-refractivity contribution is -0.119. The van der Waals surface area contributed by atoms with Crippen LogP contribution in [0.3, 0.4) is 0 Å². The standard InChI is InChI=1S/C16H21ClFNO/c1-11(13-3-2-6-19-10-13)7-14(20)8-12-4-5-16(18)15(17)9-12/h4-5,9,11,13,19H,2-3,6-8,10H2,1H3. The topological polar surface area (TPSA) is 29.1 Å². The van der Waals surface area contributed by atoms with Gasteiger partial charge in [-0.15, -0.1) is 0 Å². The maximum absolute atomic E-state index is 13.1. The number of rotatable bonds is 5. The molecule has 1 aliphatic heterocycles. The average Bonchev–Trinajstić information content (AvgIpc) is 2.44. The van der Waals surface area contributed by atoms with E-state index in [1.807, 2.05) is 0 Å². The SMILES string of the molecule is CC(CC(=O)Cc1ccc(F)c(Cl)c1)C1CCCNC1. The fourth-order valence-corrected chi connectivity index (χ4v) is 3.04. The summed E-state index contributed by atoms with van der Waals surface area (Å²) in [6.07, 6.45) is 3.31. The van der Waals surface area contributed by atoms with E-state index in [-0.39, 0.29) is 10.8 Å². The van der Waals surface area contributed by atoms with Crippen molar-refractivity contribution in [3.05, 3.63) is 34.6 Å². The van der Waals surface area contributed by atoms with Crippen LogP contribution in [0.15, 0.2) is 18.2 Å². The molecule has 2 rings (SSSR count). The third-order valence-corrected chi connectivity index (χ3v) is 4.36. The van der Waals surface area contributed by atoms with Crippen molar-refractivity contribution in [2.75, 3.05) is 13.1 Å². The molecule has 110 valence electrons. The lowest BCUT2D eigenvalue weighted by atomic mass is 9.84. The van der Waals surface area contributed by atoms with E-state index in [9.17, 15) is 9.18 Å². The highest BCUT2D eigenvalue weighted by Gasteiger charge is 2.22. The Hall–Kier alpha value is -0.930. The molecule has 0 saturated carbocycles. The second-order valence-electron chi connectivity index (χ2n) is 5.75. The van der Waals surface area contributed by atoms with Gasteiger partial charge in [0.25, 0.3) is 0 Å². The monoisotopic (exact) mass is 297 g/mol. The first-order valence-corrected chi connectivity index (χ1v) is 7.60. The summed E-state index contributed by atoms with van der Waals surface area (Å²) in [6.45, 7) is 4.25. The first kappa shape index (κ1) is 15.5. The van der Waals surface area contributed by atoms with Crippen molar-refractivity contribution in [2.24, 2.45) is 11.8 Å². The lowest BCUT2D eigenvalue weighted by Gasteiger charge is -2.28. The van der Waals surface area contributed by atoms with Crippen molar-refractivity contribution >= 4 is 17.4 Å². The molecule has 1 aromatic carbocycles. The van der Waals surface area contributed by atoms with E-state index in [0.717, 1.165) is 18.7 Å². The number of piperidine rings is 1. The van der Waals surface area contributed by atoms with Crippen LogP contribution in [0.25, 0.3) is 0 Å². The van der Waals surface area contributed by atoms with Gasteiger partial charge in [0.1, 0.15) is 11.6 Å². The first-order valence-electron chi connectivity index (χ1n) is 7.22. The number of hydrogen-bond donors (Lipinski definition) is 1. The molecular formula is C16H21ClFNO. The molecular weight excluding hydrogens is 277 g/mol. The Bertz CT molecular complexity index is 472. The Morgan fingerprint density at radius 1 is 1.55 bits per heavy atom. The molecule has 2 atom stereocenters. The third kappa shape index (κ3) is 4.29. The van der Waals surface area contributed by atoms with Crippen LogP contribution in [0.1, 0.15) is 31.7 Å². The highest BCUT2D eigenvalue weighted by molar-refractivity contribution is 6.30. The minimum absolute atomic E-state index is 0.0832. The van der Waals surface area contributed by atoms with Crippen LogP contribution in [0.2, 0.25) is 5.02 Å². The molecule has 1 saturated heterocycles. The molecule has 0 amide bonds. The number of Topliss-reactive ketones (excluding diaryl/α,β-unsaturated/α-hetero) is 1. The van der Waals surface area contributed by atoms with E-state index in [1.54, 1.807) is 12.1 Å². The van der Waals surface area contributed by atoms with E-state index in [1.165, 1.54) is 18.9 Å². The summed E-state index contributed by atoms with van der Waals surface area (Å²) in [4.78, 5) is 12.1. The van der Waals surface area contributed by atoms with Crippen LogP contribution in [0.4, 0.5) is 4.39 Å². The second kappa shape index (κ2) is 7.19. The summed E-state index contributed by atoms with van der Waals surface area (Å²) >= 11 is 5.73. The fraction of sp³-hybridized carbons (Fsp3) is 0.562. The van der Waals surface area contributed by atoms with E-state index in [2.05, 4.69) is 12.2 Å². The van der Waals surface area contributed by atoms with Crippen LogP contribution >= 0.6 is 11.6 Å². The molecule has 0 radical (unpaired) electrons. The van der Waals surface area contributed by atoms with Gasteiger partial charge in [0.05, 0.1) is 5.02 Å². The molecule has 1 N–H and O–H groups in total. The van der Waals surface area contributed by atoms with Crippen molar-refractivity contribution < 1.29 is 9.18 Å². The van der Waals surface area contributed by atoms with Crippen LogP contribution < -0.4 is 5.32 Å². The van der Waals surface area contributed by atoms with Gasteiger partial charge in [-0.25, -0.2) is 4.39 Å². The van der Waals surface area contributed by atoms with Crippen molar-refractivity contribution in [2.45, 2.75) is 32.6 Å². The van der Waals surface area contributed by atoms with E-state index < -0.39 is 5.82 Å². The number of benzene rings is 1. The highest BCUT2D eigenvalue weighted by Crippen LogP contribution is 2.24. The van der Waals surface area contributed by atoms with Crippen molar-refractivity contribution in [1.29, 1.82) is 0 Å². The largest absolute Gasteiger partial charge is 0.316 e. The Kier molecular flexibility index (Phi) is 5.55. The zero-order valence-electron chi connectivity index (χ0n) is 11.8. The van der Waals surface area contributed by atoms with Gasteiger partial charge in [-0.3, -0.25) is 4.79 Å². The number of hydrogen-bond acceptors (Lipinski definition) is 2. The number of halogens is 2. The van der Waals surface area contributed by atoms with Gasteiger partial charge in [-0.2, -0.15) is 0 Å². The van der Waals surface area contributed by atoms with Crippen molar-refractivity contribution in [3.8, 4) is 0 Å². The number of carbonyl (C=O) groups is 1. The summed E-state index contributed by atoms with van der Waals surface area (Å²) in [5.41, 5.74) is 0.787. The quantitative estimate of drug-likeness (QED) is 0.899. The Morgan fingerprint density at radius 2 is 2.35 bits per heavy atom. The van der Waals surface area contributed by atoms with Crippen LogP contribution in [0.5, 0.6) is 0 Å². The van der Waals surface area contributed by atoms with E-state index in [0.29, 0.717) is 24.7 Å². The number of nitrogens with one attached hydrogen (secondary N) is 1. The molecule has 4 heteroatoms. The third-order valence-electron chi connectivity index (χ3n) is 4.07. The predicted molar refractivity (Wildman–Crippen MR) is 79.5 cm³/mol. The van der Waals surface area contributed by atoms with Gasteiger partial charge in [0, 0.05) is 12.8 Å². The number of ketones is 1. The second-order valence-corrected chi connectivity index (χ2v) is 6.16. The molecule has 0 aromatic heterocycles. The maximum atomic E-state index is 13.1. The zero-order valence-corrected chi connectivity index (χ0v) is 12.5. The van der Waals surface area contributed by atoms with Gasteiger partial charge in [0.15, 0.2) is 0 Å². The Balaban J connectivity index is 1.86. The van der Waals surface area contributed by atoms with Gasteiger partial charge in [0.2, 0.25) is 0 Å². The molecule has 2 unspecified atom stereocenters. The fourth-order valence-electron chi connectivity index (χ4n) is 2.84. The molecule has 0 aliphatic carbocycles. The summed E-state index contributed by atoms with van der Waals surface area (Å²) in [7, 11) is 0. The molecule has 2 nitrogen and oxygen atoms in total. The summed E-state index contributed by atoms with van der Waals surface area (Å²) in [5.74, 6) is 0.742.